The van der Waals surface area contributed by atoms with E-state index in [1.54, 1.807) is 0 Å². The van der Waals surface area contributed by atoms with Crippen LogP contribution < -0.4 is 10.2 Å². The molecule has 15 nitrogen and oxygen atoms in total. The molecule has 228 valence electrons. The van der Waals surface area contributed by atoms with E-state index in [4.69, 9.17) is 23.4 Å². The Morgan fingerprint density at radius 3 is 2.14 bits per heavy atom. The van der Waals surface area contributed by atoms with Crippen LogP contribution in [0.15, 0.2) is 45.6 Å². The molecule has 0 spiro atoms. The number of aliphatic hydroxyl groups excluding tert-OH is 6. The second-order valence-corrected chi connectivity index (χ2v) is 10.1. The Kier molecular flexibility index (Phi) is 8.30. The molecular weight excluding hydrogens is 564 g/mol. The number of hydrogen-bond acceptors (Lipinski definition) is 15. The summed E-state index contributed by atoms with van der Waals surface area (Å²) in [6.45, 7) is 0.702. The van der Waals surface area contributed by atoms with Gasteiger partial charge in [0.05, 0.1) is 12.7 Å². The van der Waals surface area contributed by atoms with Crippen LogP contribution in [0.3, 0.4) is 0 Å². The number of ether oxygens (including phenoxy) is 4. The van der Waals surface area contributed by atoms with E-state index in [9.17, 15) is 50.8 Å². The number of aliphatic hydroxyl groups is 6. The standard InChI is InChI=1S/C27H30O15/c1-9-23(41-27-21(36)19(34)17(32)15(8-28)40-27)20(35)22(37)26(38-9)42-25-18(33)16-13(31)6-12(30)7-14(16)39-24(25)10-2-4-11(29)5-3-10/h2-7,9,15,17,19-23,26-32,34-37H,8H2,1H3/t9-,15-,17-,19-,20-,21-,22-,23+,26-,27+/m0/s1. The predicted molar refractivity (Wildman–Crippen MR) is 139 cm³/mol. The SMILES string of the molecule is C[C@@H]1O[C@@H](Oc2c(-c3ccc(O)cc3)oc3cc(O)cc(O)c3c2=O)[C@@H](O)[C@H](O)[C@@H]1O[C@H]1O[C@@H](CO)[C@H](O)[C@H](O)[C@@H]1O. The van der Waals surface area contributed by atoms with Crippen molar-refractivity contribution in [2.45, 2.75) is 68.3 Å². The minimum absolute atomic E-state index is 0.0898. The van der Waals surface area contributed by atoms with Crippen LogP contribution in [-0.2, 0) is 14.2 Å². The topological polar surface area (TPSA) is 249 Å². The molecule has 3 aromatic rings. The zero-order valence-corrected chi connectivity index (χ0v) is 21.9. The van der Waals surface area contributed by atoms with Crippen LogP contribution in [0, 0.1) is 0 Å². The van der Waals surface area contributed by atoms with Gasteiger partial charge in [0.2, 0.25) is 17.5 Å². The van der Waals surface area contributed by atoms with Crippen LogP contribution in [0.4, 0.5) is 0 Å². The zero-order valence-electron chi connectivity index (χ0n) is 21.9. The molecule has 3 heterocycles. The highest BCUT2D eigenvalue weighted by Crippen LogP contribution is 2.38. The van der Waals surface area contributed by atoms with Gasteiger partial charge < -0.3 is 69.3 Å². The van der Waals surface area contributed by atoms with Gasteiger partial charge in [0, 0.05) is 17.7 Å². The Bertz CT molecular complexity index is 1470. The normalized spacial score (nSPS) is 33.5. The molecule has 0 bridgehead atoms. The van der Waals surface area contributed by atoms with E-state index < -0.39 is 84.9 Å². The molecule has 9 N–H and O–H groups in total. The summed E-state index contributed by atoms with van der Waals surface area (Å²) in [6.07, 6.45) is -15.9. The number of phenolic OH excluding ortho intramolecular Hbond substituents is 3. The Morgan fingerprint density at radius 1 is 0.810 bits per heavy atom. The fraction of sp³-hybridized carbons (Fsp3) is 0.444. The van der Waals surface area contributed by atoms with Gasteiger partial charge in [-0.15, -0.1) is 0 Å². The largest absolute Gasteiger partial charge is 0.508 e. The molecule has 0 radical (unpaired) electrons. The van der Waals surface area contributed by atoms with Gasteiger partial charge in [0.1, 0.15) is 70.9 Å². The molecule has 42 heavy (non-hydrogen) atoms. The van der Waals surface area contributed by atoms with Gasteiger partial charge in [0.25, 0.3) is 0 Å². The third kappa shape index (κ3) is 5.37. The lowest BCUT2D eigenvalue weighted by Gasteiger charge is -2.45. The smallest absolute Gasteiger partial charge is 0.239 e. The third-order valence-corrected chi connectivity index (χ3v) is 7.20. The number of aromatic hydroxyl groups is 3. The highest BCUT2D eigenvalue weighted by molar-refractivity contribution is 5.88. The molecule has 0 amide bonds. The summed E-state index contributed by atoms with van der Waals surface area (Å²) in [5.41, 5.74) is -0.874. The summed E-state index contributed by atoms with van der Waals surface area (Å²) >= 11 is 0. The first-order valence-corrected chi connectivity index (χ1v) is 12.9. The van der Waals surface area contributed by atoms with Gasteiger partial charge in [0.15, 0.2) is 12.1 Å². The van der Waals surface area contributed by atoms with Gasteiger partial charge >= 0.3 is 0 Å². The number of hydrogen-bond donors (Lipinski definition) is 9. The second-order valence-electron chi connectivity index (χ2n) is 10.1. The van der Waals surface area contributed by atoms with Gasteiger partial charge in [-0.3, -0.25) is 4.79 Å². The van der Waals surface area contributed by atoms with Gasteiger partial charge in [-0.1, -0.05) is 0 Å². The van der Waals surface area contributed by atoms with Crippen LogP contribution in [0.1, 0.15) is 6.92 Å². The Hall–Kier alpha value is -3.51. The van der Waals surface area contributed by atoms with Crippen LogP contribution in [0.2, 0.25) is 0 Å². The molecule has 2 saturated heterocycles. The summed E-state index contributed by atoms with van der Waals surface area (Å²) in [7, 11) is 0. The maximum absolute atomic E-state index is 13.5. The molecule has 15 heteroatoms. The zero-order chi connectivity index (χ0) is 30.5. The van der Waals surface area contributed by atoms with Crippen LogP contribution in [-0.4, -0.2) is 114 Å². The number of phenols is 3. The van der Waals surface area contributed by atoms with E-state index in [1.807, 2.05) is 0 Å². The molecule has 2 fully saturated rings. The molecule has 0 saturated carbocycles. The molecule has 2 aromatic carbocycles. The highest BCUT2D eigenvalue weighted by Gasteiger charge is 2.50. The van der Waals surface area contributed by atoms with Crippen LogP contribution in [0.25, 0.3) is 22.3 Å². The minimum Gasteiger partial charge on any atom is -0.508 e. The lowest BCUT2D eigenvalue weighted by molar-refractivity contribution is -0.348. The molecule has 5 rings (SSSR count). The molecule has 0 unspecified atom stereocenters. The van der Waals surface area contributed by atoms with Crippen molar-refractivity contribution in [3.63, 3.8) is 0 Å². The summed E-state index contributed by atoms with van der Waals surface area (Å²) in [6, 6.07) is 7.43. The van der Waals surface area contributed by atoms with E-state index >= 15 is 0 Å². The van der Waals surface area contributed by atoms with Crippen molar-refractivity contribution < 1.29 is 69.3 Å². The fourth-order valence-corrected chi connectivity index (χ4v) is 4.92. The summed E-state index contributed by atoms with van der Waals surface area (Å²) < 4.78 is 28.2. The second kappa shape index (κ2) is 11.6. The monoisotopic (exact) mass is 594 g/mol. The van der Waals surface area contributed by atoms with Gasteiger partial charge in [-0.2, -0.15) is 0 Å². The van der Waals surface area contributed by atoms with Crippen LogP contribution in [0.5, 0.6) is 23.0 Å². The van der Waals surface area contributed by atoms with E-state index in [0.717, 1.165) is 12.1 Å². The van der Waals surface area contributed by atoms with Crippen molar-refractivity contribution in [1.29, 1.82) is 0 Å². The molecule has 0 aliphatic carbocycles. The average Bonchev–Trinajstić information content (AvgIpc) is 2.95. The minimum atomic E-state index is -1.88. The molecule has 2 aliphatic heterocycles. The van der Waals surface area contributed by atoms with Crippen molar-refractivity contribution in [2.24, 2.45) is 0 Å². The Labute approximate surface area is 236 Å². The van der Waals surface area contributed by atoms with Crippen molar-refractivity contribution in [1.82, 2.24) is 0 Å². The highest BCUT2D eigenvalue weighted by atomic mass is 16.7. The maximum atomic E-state index is 13.5. The van der Waals surface area contributed by atoms with Crippen LogP contribution >= 0.6 is 0 Å². The molecule has 1 aromatic heterocycles. The fourth-order valence-electron chi connectivity index (χ4n) is 4.92. The van der Waals surface area contributed by atoms with E-state index in [0.29, 0.717) is 0 Å². The average molecular weight is 595 g/mol. The lowest BCUT2D eigenvalue weighted by atomic mass is 9.97. The first-order valence-electron chi connectivity index (χ1n) is 12.9. The summed E-state index contributed by atoms with van der Waals surface area (Å²) in [5.74, 6) is -1.84. The van der Waals surface area contributed by atoms with Gasteiger partial charge in [-0.25, -0.2) is 0 Å². The predicted octanol–water partition coefficient (Wildman–Crippen LogP) is -1.39. The summed E-state index contributed by atoms with van der Waals surface area (Å²) in [5, 5.41) is 91.2. The third-order valence-electron chi connectivity index (χ3n) is 7.20. The Morgan fingerprint density at radius 2 is 1.48 bits per heavy atom. The number of benzene rings is 2. The molecular formula is C27H30O15. The van der Waals surface area contributed by atoms with Crippen molar-refractivity contribution in [3.05, 3.63) is 46.6 Å². The number of fused-ring (bicyclic) bond motifs is 1. The maximum Gasteiger partial charge on any atom is 0.239 e. The summed E-state index contributed by atoms with van der Waals surface area (Å²) in [4.78, 5) is 13.5. The van der Waals surface area contributed by atoms with Crippen molar-refractivity contribution >= 4 is 11.0 Å². The first-order chi connectivity index (χ1) is 19.9. The quantitative estimate of drug-likeness (QED) is 0.159. The number of rotatable bonds is 6. The lowest BCUT2D eigenvalue weighted by Crippen LogP contribution is -2.64. The first kappa shape index (κ1) is 30.0. The van der Waals surface area contributed by atoms with Gasteiger partial charge in [-0.05, 0) is 31.2 Å². The molecule has 2 aliphatic rings. The van der Waals surface area contributed by atoms with E-state index in [2.05, 4.69) is 0 Å². The Balaban J connectivity index is 1.45. The van der Waals surface area contributed by atoms with Crippen molar-refractivity contribution in [2.75, 3.05) is 6.61 Å². The molecule has 10 atom stereocenters. The van der Waals surface area contributed by atoms with Crippen molar-refractivity contribution in [3.8, 4) is 34.3 Å². The van der Waals surface area contributed by atoms with E-state index in [-0.39, 0.29) is 33.8 Å². The van der Waals surface area contributed by atoms with E-state index in [1.165, 1.54) is 31.2 Å².